The largest absolute Gasteiger partial charge is 0.381 e. The van der Waals surface area contributed by atoms with E-state index in [2.05, 4.69) is 11.4 Å². The smallest absolute Gasteiger partial charge is 0.168 e. The second kappa shape index (κ2) is 7.31. The van der Waals surface area contributed by atoms with Crippen molar-refractivity contribution in [3.8, 4) is 0 Å². The Balaban J connectivity index is 1.40. The van der Waals surface area contributed by atoms with Gasteiger partial charge in [-0.2, -0.15) is 0 Å². The minimum Gasteiger partial charge on any atom is -0.381 e. The van der Waals surface area contributed by atoms with E-state index in [1.54, 1.807) is 6.07 Å². The molecule has 0 amide bonds. The Hall–Kier alpha value is -1.01. The van der Waals surface area contributed by atoms with Gasteiger partial charge in [0.15, 0.2) is 5.79 Å². The van der Waals surface area contributed by atoms with Gasteiger partial charge in [-0.05, 0) is 43.4 Å². The molecule has 2 aliphatic heterocycles. The van der Waals surface area contributed by atoms with Gasteiger partial charge >= 0.3 is 0 Å². The van der Waals surface area contributed by atoms with Crippen LogP contribution in [0.15, 0.2) is 24.3 Å². The Kier molecular flexibility index (Phi) is 5.09. The fourth-order valence-corrected chi connectivity index (χ4v) is 4.54. The number of rotatable bonds is 4. The van der Waals surface area contributed by atoms with E-state index in [4.69, 9.17) is 14.2 Å². The maximum atomic E-state index is 13.8. The molecule has 0 radical (unpaired) electrons. The third-order valence-electron chi connectivity index (χ3n) is 6.18. The normalized spacial score (nSPS) is 26.1. The van der Waals surface area contributed by atoms with Crippen molar-refractivity contribution >= 4 is 0 Å². The number of halogens is 1. The predicted octanol–water partition coefficient (Wildman–Crippen LogP) is 3.15. The average Bonchev–Trinajstić information content (AvgIpc) is 3.10. The van der Waals surface area contributed by atoms with Gasteiger partial charge < -0.3 is 19.5 Å². The monoisotopic (exact) mass is 349 g/mol. The van der Waals surface area contributed by atoms with Crippen molar-refractivity contribution in [3.63, 3.8) is 0 Å². The van der Waals surface area contributed by atoms with Gasteiger partial charge in [0, 0.05) is 44.1 Å². The van der Waals surface area contributed by atoms with Gasteiger partial charge in [0.05, 0.1) is 13.2 Å². The molecule has 138 valence electrons. The molecule has 0 aromatic heterocycles. The lowest BCUT2D eigenvalue weighted by Gasteiger charge is -2.41. The average molecular weight is 349 g/mol. The van der Waals surface area contributed by atoms with Crippen LogP contribution in [0.5, 0.6) is 0 Å². The number of nitrogens with one attached hydrogen (secondary N) is 1. The molecule has 2 saturated heterocycles. The maximum absolute atomic E-state index is 13.8. The van der Waals surface area contributed by atoms with Crippen LogP contribution in [-0.4, -0.2) is 44.8 Å². The molecule has 1 aromatic carbocycles. The van der Waals surface area contributed by atoms with Crippen molar-refractivity contribution in [2.75, 3.05) is 33.0 Å². The van der Waals surface area contributed by atoms with Crippen molar-refractivity contribution in [1.29, 1.82) is 0 Å². The molecule has 0 atom stereocenters. The molecule has 3 fully saturated rings. The highest BCUT2D eigenvalue weighted by molar-refractivity contribution is 5.27. The molecule has 2 heterocycles. The highest BCUT2D eigenvalue weighted by Crippen LogP contribution is 2.38. The van der Waals surface area contributed by atoms with E-state index in [0.29, 0.717) is 6.04 Å². The van der Waals surface area contributed by atoms with Crippen LogP contribution < -0.4 is 5.32 Å². The lowest BCUT2D eigenvalue weighted by molar-refractivity contribution is -0.179. The van der Waals surface area contributed by atoms with E-state index in [-0.39, 0.29) is 17.0 Å². The van der Waals surface area contributed by atoms with Gasteiger partial charge in [0.25, 0.3) is 0 Å². The fourth-order valence-electron chi connectivity index (χ4n) is 4.54. The summed E-state index contributed by atoms with van der Waals surface area (Å²) in [5.74, 6) is -0.463. The predicted molar refractivity (Wildman–Crippen MR) is 93.0 cm³/mol. The first-order chi connectivity index (χ1) is 12.2. The number of hydrogen-bond donors (Lipinski definition) is 1. The summed E-state index contributed by atoms with van der Waals surface area (Å²) in [6.07, 6.45) is 5.92. The highest BCUT2D eigenvalue weighted by Gasteiger charge is 2.41. The van der Waals surface area contributed by atoms with Gasteiger partial charge in [-0.25, -0.2) is 4.39 Å². The van der Waals surface area contributed by atoms with Crippen LogP contribution in [0.2, 0.25) is 0 Å². The number of hydrogen-bond acceptors (Lipinski definition) is 4. The van der Waals surface area contributed by atoms with Crippen molar-refractivity contribution in [2.24, 2.45) is 0 Å². The van der Waals surface area contributed by atoms with Gasteiger partial charge in [0.2, 0.25) is 0 Å². The van der Waals surface area contributed by atoms with Crippen LogP contribution in [0.25, 0.3) is 0 Å². The second-order valence-electron chi connectivity index (χ2n) is 7.67. The maximum Gasteiger partial charge on any atom is 0.168 e. The zero-order chi connectivity index (χ0) is 17.2. The lowest BCUT2D eigenvalue weighted by atomic mass is 9.73. The fraction of sp³-hybridized carbons (Fsp3) is 0.700. The van der Waals surface area contributed by atoms with Crippen molar-refractivity contribution in [1.82, 2.24) is 5.32 Å². The Bertz CT molecular complexity index is 572. The van der Waals surface area contributed by atoms with Gasteiger partial charge in [-0.15, -0.1) is 0 Å². The number of ether oxygens (including phenoxy) is 3. The Morgan fingerprint density at radius 3 is 2.40 bits per heavy atom. The topological polar surface area (TPSA) is 39.7 Å². The van der Waals surface area contributed by atoms with Crippen LogP contribution in [0, 0.1) is 5.82 Å². The Labute approximate surface area is 149 Å². The Morgan fingerprint density at radius 2 is 1.72 bits per heavy atom. The van der Waals surface area contributed by atoms with E-state index >= 15 is 0 Å². The molecule has 1 N–H and O–H groups in total. The van der Waals surface area contributed by atoms with E-state index in [1.165, 1.54) is 6.07 Å². The molecule has 1 spiro atoms. The molecule has 25 heavy (non-hydrogen) atoms. The minimum absolute atomic E-state index is 0.0319. The Morgan fingerprint density at radius 1 is 1.00 bits per heavy atom. The highest BCUT2D eigenvalue weighted by atomic mass is 19.1. The van der Waals surface area contributed by atoms with Crippen LogP contribution in [0.3, 0.4) is 0 Å². The second-order valence-corrected chi connectivity index (χ2v) is 7.67. The summed E-state index contributed by atoms with van der Waals surface area (Å²) in [6.45, 7) is 3.81. The summed E-state index contributed by atoms with van der Waals surface area (Å²) in [5, 5.41) is 3.77. The summed E-state index contributed by atoms with van der Waals surface area (Å²) in [5.41, 5.74) is 1.06. The molecular weight excluding hydrogens is 321 g/mol. The van der Waals surface area contributed by atoms with Gasteiger partial charge in [0.1, 0.15) is 5.82 Å². The molecule has 1 aliphatic carbocycles. The standard InChI is InChI=1S/C20H28FNO3/c21-17-3-1-2-16(14-17)19(8-10-23-11-9-19)15-22-18-4-6-20(7-5-18)24-12-13-25-20/h1-3,14,18,22H,4-13,15H2. The molecule has 0 bridgehead atoms. The summed E-state index contributed by atoms with van der Waals surface area (Å²) in [7, 11) is 0. The van der Waals surface area contributed by atoms with Crippen molar-refractivity contribution in [3.05, 3.63) is 35.6 Å². The minimum atomic E-state index is -0.308. The molecule has 1 saturated carbocycles. The summed E-state index contributed by atoms with van der Waals surface area (Å²) in [6, 6.07) is 7.58. The molecule has 1 aromatic rings. The lowest BCUT2D eigenvalue weighted by Crippen LogP contribution is -2.48. The van der Waals surface area contributed by atoms with Gasteiger partial charge in [-0.3, -0.25) is 0 Å². The third kappa shape index (κ3) is 3.75. The zero-order valence-electron chi connectivity index (χ0n) is 14.8. The van der Waals surface area contributed by atoms with Gasteiger partial charge in [-0.1, -0.05) is 12.1 Å². The molecule has 4 nitrogen and oxygen atoms in total. The zero-order valence-corrected chi connectivity index (χ0v) is 14.8. The first kappa shape index (κ1) is 17.4. The molecule has 3 aliphatic rings. The van der Waals surface area contributed by atoms with Crippen molar-refractivity contribution < 1.29 is 18.6 Å². The van der Waals surface area contributed by atoms with E-state index in [9.17, 15) is 4.39 Å². The van der Waals surface area contributed by atoms with Crippen LogP contribution in [0.4, 0.5) is 4.39 Å². The molecule has 0 unspecified atom stereocenters. The van der Waals surface area contributed by atoms with E-state index in [1.807, 2.05) is 6.07 Å². The van der Waals surface area contributed by atoms with Crippen LogP contribution in [0.1, 0.15) is 44.1 Å². The molecular formula is C20H28FNO3. The quantitative estimate of drug-likeness (QED) is 0.906. The summed E-state index contributed by atoms with van der Waals surface area (Å²) >= 11 is 0. The molecule has 5 heteroatoms. The SMILES string of the molecule is Fc1cccc(C2(CNC3CCC4(CC3)OCCO4)CCOCC2)c1. The van der Waals surface area contributed by atoms with E-state index in [0.717, 1.165) is 77.1 Å². The first-order valence-corrected chi connectivity index (χ1v) is 9.55. The molecule has 4 rings (SSSR count). The summed E-state index contributed by atoms with van der Waals surface area (Å²) < 4.78 is 31.0. The number of benzene rings is 1. The first-order valence-electron chi connectivity index (χ1n) is 9.55. The van der Waals surface area contributed by atoms with Crippen LogP contribution in [-0.2, 0) is 19.6 Å². The van der Waals surface area contributed by atoms with E-state index < -0.39 is 0 Å². The van der Waals surface area contributed by atoms with Crippen LogP contribution >= 0.6 is 0 Å². The third-order valence-corrected chi connectivity index (χ3v) is 6.18. The van der Waals surface area contributed by atoms with Crippen molar-refractivity contribution in [2.45, 2.75) is 55.8 Å². The summed E-state index contributed by atoms with van der Waals surface area (Å²) in [4.78, 5) is 0.